The van der Waals surface area contributed by atoms with Crippen LogP contribution in [-0.4, -0.2) is 26.0 Å². The van der Waals surface area contributed by atoms with Gasteiger partial charge in [0.15, 0.2) is 0 Å². The number of anilines is 1. The quantitative estimate of drug-likeness (QED) is 0.870. The Balaban J connectivity index is 1.74. The van der Waals surface area contributed by atoms with Gasteiger partial charge in [0.25, 0.3) is 0 Å². The van der Waals surface area contributed by atoms with Gasteiger partial charge in [0, 0.05) is 29.4 Å². The van der Waals surface area contributed by atoms with E-state index in [0.29, 0.717) is 17.2 Å². The van der Waals surface area contributed by atoms with E-state index in [-0.39, 0.29) is 24.0 Å². The average Bonchev–Trinajstić information content (AvgIpc) is 2.90. The molecule has 2 aromatic rings. The third kappa shape index (κ3) is 2.67. The zero-order chi connectivity index (χ0) is 18.8. The van der Waals surface area contributed by atoms with Gasteiger partial charge < -0.3 is 10.8 Å². The van der Waals surface area contributed by atoms with Crippen LogP contribution in [0.2, 0.25) is 0 Å². The minimum absolute atomic E-state index is 0.0704. The lowest BCUT2D eigenvalue weighted by atomic mass is 10.0. The highest BCUT2D eigenvalue weighted by Gasteiger charge is 2.59. The maximum absolute atomic E-state index is 13.1. The summed E-state index contributed by atoms with van der Waals surface area (Å²) < 4.78 is 41.2. The van der Waals surface area contributed by atoms with Crippen molar-refractivity contribution in [2.24, 2.45) is 11.8 Å². The number of nitrogen functional groups attached to an aromatic ring is 1. The van der Waals surface area contributed by atoms with Crippen molar-refractivity contribution in [2.75, 3.05) is 5.73 Å². The molecule has 4 atom stereocenters. The highest BCUT2D eigenvalue weighted by molar-refractivity contribution is 5.63. The van der Waals surface area contributed by atoms with Crippen molar-refractivity contribution in [1.82, 2.24) is 14.8 Å². The Morgan fingerprint density at radius 2 is 2.00 bits per heavy atom. The predicted molar refractivity (Wildman–Crippen MR) is 90.2 cm³/mol. The molecule has 5 nitrogen and oxygen atoms in total. The molecule has 4 unspecified atom stereocenters. The fraction of sp³-hybridized carbons (Fsp3) is 0.556. The smallest absolute Gasteiger partial charge is 0.393 e. The van der Waals surface area contributed by atoms with E-state index >= 15 is 0 Å². The number of nitrogens with two attached hydrogens (primary N) is 1. The number of rotatable bonds is 3. The number of aliphatic hydroxyl groups excluding tert-OH is 1. The molecule has 4 rings (SSSR count). The van der Waals surface area contributed by atoms with Gasteiger partial charge in [0.2, 0.25) is 0 Å². The summed E-state index contributed by atoms with van der Waals surface area (Å²) in [5.74, 6) is 0.380. The molecule has 2 aliphatic rings. The standard InChI is InChI=1S/C18H21F3N4O/c1-8(2)25-13(15-10-3-4-14(26)16(10)15)6-12(24-25)9-5-11(18(19,20)21)17(22)23-7-9/h5-8,10,14-16,26H,3-4H2,1-2H3,(H2,22,23). The van der Waals surface area contributed by atoms with Crippen molar-refractivity contribution in [3.05, 3.63) is 29.6 Å². The van der Waals surface area contributed by atoms with Crippen LogP contribution in [0.5, 0.6) is 0 Å². The molecule has 2 aromatic heterocycles. The fourth-order valence-electron chi connectivity index (χ4n) is 4.32. The van der Waals surface area contributed by atoms with E-state index in [9.17, 15) is 18.3 Å². The summed E-state index contributed by atoms with van der Waals surface area (Å²) >= 11 is 0. The zero-order valence-corrected chi connectivity index (χ0v) is 14.5. The monoisotopic (exact) mass is 366 g/mol. The topological polar surface area (TPSA) is 77.0 Å². The van der Waals surface area contributed by atoms with Crippen molar-refractivity contribution in [1.29, 1.82) is 0 Å². The van der Waals surface area contributed by atoms with Crippen LogP contribution in [0.3, 0.4) is 0 Å². The van der Waals surface area contributed by atoms with Crippen molar-refractivity contribution >= 4 is 5.82 Å². The Morgan fingerprint density at radius 3 is 2.58 bits per heavy atom. The second kappa shape index (κ2) is 5.70. The Labute approximate surface area is 149 Å². The van der Waals surface area contributed by atoms with E-state index in [1.807, 2.05) is 24.6 Å². The Hall–Kier alpha value is -2.09. The maximum Gasteiger partial charge on any atom is 0.419 e. The van der Waals surface area contributed by atoms with Gasteiger partial charge in [-0.3, -0.25) is 4.68 Å². The van der Waals surface area contributed by atoms with Crippen LogP contribution in [0.4, 0.5) is 19.0 Å². The van der Waals surface area contributed by atoms with Crippen molar-refractivity contribution < 1.29 is 18.3 Å². The van der Waals surface area contributed by atoms with Gasteiger partial charge in [-0.2, -0.15) is 18.3 Å². The summed E-state index contributed by atoms with van der Waals surface area (Å²) in [4.78, 5) is 3.70. The molecule has 0 saturated heterocycles. The Bertz CT molecular complexity index is 845. The Kier molecular flexibility index (Phi) is 3.80. The molecular formula is C18H21F3N4O. The van der Waals surface area contributed by atoms with Gasteiger partial charge in [0.1, 0.15) is 5.82 Å². The minimum atomic E-state index is -4.56. The van der Waals surface area contributed by atoms with E-state index in [2.05, 4.69) is 10.1 Å². The largest absolute Gasteiger partial charge is 0.419 e. The molecule has 0 aliphatic heterocycles. The van der Waals surface area contributed by atoms with Crippen molar-refractivity contribution in [3.63, 3.8) is 0 Å². The van der Waals surface area contributed by atoms with Gasteiger partial charge in [-0.1, -0.05) is 0 Å². The minimum Gasteiger partial charge on any atom is -0.393 e. The van der Waals surface area contributed by atoms with Gasteiger partial charge in [0.05, 0.1) is 17.4 Å². The van der Waals surface area contributed by atoms with Crippen LogP contribution in [0.15, 0.2) is 18.3 Å². The summed E-state index contributed by atoms with van der Waals surface area (Å²) in [6.07, 6.45) is -1.72. The first-order valence-electron chi connectivity index (χ1n) is 8.79. The molecule has 0 aromatic carbocycles. The van der Waals surface area contributed by atoms with Gasteiger partial charge in [-0.05, 0) is 50.7 Å². The molecule has 2 aliphatic carbocycles. The van der Waals surface area contributed by atoms with E-state index in [4.69, 9.17) is 5.73 Å². The van der Waals surface area contributed by atoms with E-state index in [1.165, 1.54) is 6.20 Å². The van der Waals surface area contributed by atoms with E-state index < -0.39 is 17.6 Å². The number of pyridine rings is 1. The summed E-state index contributed by atoms with van der Waals surface area (Å²) in [6, 6.07) is 2.91. The first-order chi connectivity index (χ1) is 12.2. The second-order valence-electron chi connectivity index (χ2n) is 7.56. The molecule has 140 valence electrons. The fourth-order valence-corrected chi connectivity index (χ4v) is 4.32. The van der Waals surface area contributed by atoms with Crippen LogP contribution >= 0.6 is 0 Å². The highest BCUT2D eigenvalue weighted by atomic mass is 19.4. The van der Waals surface area contributed by atoms with Crippen LogP contribution in [0.1, 0.15) is 49.9 Å². The normalized spacial score (nSPS) is 27.8. The first kappa shape index (κ1) is 17.3. The number of fused-ring (bicyclic) bond motifs is 1. The number of nitrogens with zero attached hydrogens (tertiary/aromatic N) is 3. The number of aliphatic hydroxyl groups is 1. The van der Waals surface area contributed by atoms with Gasteiger partial charge >= 0.3 is 6.18 Å². The second-order valence-corrected chi connectivity index (χ2v) is 7.56. The number of hydrogen-bond donors (Lipinski definition) is 2. The first-order valence-corrected chi connectivity index (χ1v) is 8.79. The number of aromatic nitrogens is 3. The summed E-state index contributed by atoms with van der Waals surface area (Å²) in [7, 11) is 0. The third-order valence-electron chi connectivity index (χ3n) is 5.58. The molecule has 0 spiro atoms. The van der Waals surface area contributed by atoms with Crippen molar-refractivity contribution in [2.45, 2.75) is 50.9 Å². The molecule has 2 heterocycles. The van der Waals surface area contributed by atoms with E-state index in [1.54, 1.807) is 0 Å². The highest BCUT2D eigenvalue weighted by Crippen LogP contribution is 2.63. The lowest BCUT2D eigenvalue weighted by molar-refractivity contribution is -0.137. The molecule has 8 heteroatoms. The lowest BCUT2D eigenvalue weighted by Gasteiger charge is -2.13. The molecule has 26 heavy (non-hydrogen) atoms. The molecule has 0 radical (unpaired) electrons. The SMILES string of the molecule is CC(C)n1nc(-c2cnc(N)c(C(F)(F)F)c2)cc1C1C2CCC(O)C21. The van der Waals surface area contributed by atoms with Crippen LogP contribution in [0.25, 0.3) is 11.3 Å². The molecule has 0 bridgehead atoms. The van der Waals surface area contributed by atoms with Crippen LogP contribution in [-0.2, 0) is 6.18 Å². The predicted octanol–water partition coefficient (Wildman–Crippen LogP) is 3.61. The van der Waals surface area contributed by atoms with Gasteiger partial charge in [-0.15, -0.1) is 0 Å². The number of halogens is 3. The summed E-state index contributed by atoms with van der Waals surface area (Å²) in [6.45, 7) is 3.97. The zero-order valence-electron chi connectivity index (χ0n) is 14.5. The average molecular weight is 366 g/mol. The lowest BCUT2D eigenvalue weighted by Crippen LogP contribution is -2.12. The molecular weight excluding hydrogens is 345 g/mol. The van der Waals surface area contributed by atoms with Crippen LogP contribution in [0, 0.1) is 11.8 Å². The maximum atomic E-state index is 13.1. The van der Waals surface area contributed by atoms with Crippen LogP contribution < -0.4 is 5.73 Å². The van der Waals surface area contributed by atoms with E-state index in [0.717, 1.165) is 24.6 Å². The molecule has 2 fully saturated rings. The van der Waals surface area contributed by atoms with Crippen molar-refractivity contribution in [3.8, 4) is 11.3 Å². The van der Waals surface area contributed by atoms with Gasteiger partial charge in [-0.25, -0.2) is 4.98 Å². The number of alkyl halides is 3. The third-order valence-corrected chi connectivity index (χ3v) is 5.58. The Morgan fingerprint density at radius 1 is 1.27 bits per heavy atom. The summed E-state index contributed by atoms with van der Waals surface area (Å²) in [5, 5.41) is 14.6. The molecule has 0 amide bonds. The number of hydrogen-bond acceptors (Lipinski definition) is 4. The summed E-state index contributed by atoms with van der Waals surface area (Å²) in [5.41, 5.74) is 6.16. The molecule has 2 saturated carbocycles. The molecule has 3 N–H and O–H groups in total.